The number of nitrogens with two attached hydrogens (primary N) is 1. The quantitative estimate of drug-likeness (QED) is 0.645. The maximum absolute atomic E-state index is 12.2. The Morgan fingerprint density at radius 3 is 2.26 bits per heavy atom. The molecule has 5 nitrogen and oxygen atoms in total. The Balaban J connectivity index is 0.00000364. The largest absolute Gasteiger partial charge is 0.352 e. The van der Waals surface area contributed by atoms with Crippen LogP contribution in [0.5, 0.6) is 0 Å². The van der Waals surface area contributed by atoms with E-state index in [0.717, 1.165) is 12.8 Å². The number of halogens is 1. The monoisotopic (exact) mass is 389 g/mol. The number of nitrogens with one attached hydrogen (secondary N) is 2. The Morgan fingerprint density at radius 2 is 1.67 bits per heavy atom. The standard InChI is InChI=1S/C21H27N3O2.ClH/c1-3-14-21(2,22)20(26)24-18-11-9-17(10-12-18)19(25)23-15-13-16-7-5-4-6-8-16;/h4-12H,3,13-15,22H2,1-2H3,(H,23,25)(H,24,26);1H. The van der Waals surface area contributed by atoms with Crippen molar-refractivity contribution in [3.8, 4) is 0 Å². The van der Waals surface area contributed by atoms with Crippen molar-refractivity contribution < 1.29 is 9.59 Å². The topological polar surface area (TPSA) is 84.2 Å². The maximum atomic E-state index is 12.2. The summed E-state index contributed by atoms with van der Waals surface area (Å²) in [6.45, 7) is 4.29. The van der Waals surface area contributed by atoms with Crippen molar-refractivity contribution in [2.75, 3.05) is 11.9 Å². The van der Waals surface area contributed by atoms with Gasteiger partial charge in [-0.15, -0.1) is 12.4 Å². The molecule has 146 valence electrons. The summed E-state index contributed by atoms with van der Waals surface area (Å²) in [6.07, 6.45) is 2.23. The summed E-state index contributed by atoms with van der Waals surface area (Å²) in [5.74, 6) is -0.354. The van der Waals surface area contributed by atoms with Crippen molar-refractivity contribution in [1.82, 2.24) is 5.32 Å². The number of hydrogen-bond acceptors (Lipinski definition) is 3. The van der Waals surface area contributed by atoms with E-state index in [0.29, 0.717) is 24.2 Å². The molecule has 4 N–H and O–H groups in total. The molecule has 2 aromatic rings. The van der Waals surface area contributed by atoms with Gasteiger partial charge in [0.25, 0.3) is 5.91 Å². The second kappa shape index (κ2) is 10.7. The molecule has 0 spiro atoms. The number of carbonyl (C=O) groups is 2. The molecule has 1 unspecified atom stereocenters. The molecule has 0 aromatic heterocycles. The molecule has 0 saturated carbocycles. The molecule has 2 amide bonds. The van der Waals surface area contributed by atoms with E-state index in [9.17, 15) is 9.59 Å². The first kappa shape index (κ1) is 22.7. The average molecular weight is 390 g/mol. The number of benzene rings is 2. The first-order valence-electron chi connectivity index (χ1n) is 8.95. The van der Waals surface area contributed by atoms with Crippen LogP contribution in [0.25, 0.3) is 0 Å². The molecule has 0 aliphatic carbocycles. The minimum Gasteiger partial charge on any atom is -0.352 e. The summed E-state index contributed by atoms with van der Waals surface area (Å²) in [6, 6.07) is 16.8. The van der Waals surface area contributed by atoms with Crippen molar-refractivity contribution >= 4 is 29.9 Å². The Morgan fingerprint density at radius 1 is 1.04 bits per heavy atom. The van der Waals surface area contributed by atoms with Crippen LogP contribution in [0.15, 0.2) is 54.6 Å². The highest BCUT2D eigenvalue weighted by molar-refractivity contribution is 5.98. The zero-order valence-corrected chi connectivity index (χ0v) is 16.6. The number of amides is 2. The van der Waals surface area contributed by atoms with Gasteiger partial charge in [-0.25, -0.2) is 0 Å². The van der Waals surface area contributed by atoms with Crippen LogP contribution in [0, 0.1) is 0 Å². The molecule has 2 rings (SSSR count). The van der Waals surface area contributed by atoms with E-state index in [1.807, 2.05) is 37.3 Å². The van der Waals surface area contributed by atoms with Gasteiger partial charge in [-0.2, -0.15) is 0 Å². The molecule has 27 heavy (non-hydrogen) atoms. The lowest BCUT2D eigenvalue weighted by atomic mass is 9.96. The third-order valence-corrected chi connectivity index (χ3v) is 4.24. The predicted molar refractivity (Wildman–Crippen MR) is 112 cm³/mol. The third kappa shape index (κ3) is 7.04. The van der Waals surface area contributed by atoms with Gasteiger partial charge in [0.05, 0.1) is 5.54 Å². The van der Waals surface area contributed by atoms with E-state index in [4.69, 9.17) is 5.73 Å². The van der Waals surface area contributed by atoms with Crippen LogP contribution >= 0.6 is 12.4 Å². The van der Waals surface area contributed by atoms with Crippen LogP contribution in [-0.4, -0.2) is 23.9 Å². The molecule has 0 aliphatic heterocycles. The highest BCUT2D eigenvalue weighted by Gasteiger charge is 2.27. The zero-order valence-electron chi connectivity index (χ0n) is 15.8. The van der Waals surface area contributed by atoms with E-state index < -0.39 is 5.54 Å². The van der Waals surface area contributed by atoms with Crippen molar-refractivity contribution in [3.05, 3.63) is 65.7 Å². The minimum absolute atomic E-state index is 0. The van der Waals surface area contributed by atoms with Crippen molar-refractivity contribution in [2.45, 2.75) is 38.6 Å². The van der Waals surface area contributed by atoms with Crippen LogP contribution in [0.3, 0.4) is 0 Å². The molecule has 2 aromatic carbocycles. The Labute approximate surface area is 167 Å². The molecular formula is C21H28ClN3O2. The lowest BCUT2D eigenvalue weighted by Gasteiger charge is -2.22. The lowest BCUT2D eigenvalue weighted by molar-refractivity contribution is -0.120. The van der Waals surface area contributed by atoms with Gasteiger partial charge in [0, 0.05) is 17.8 Å². The van der Waals surface area contributed by atoms with E-state index in [2.05, 4.69) is 10.6 Å². The van der Waals surface area contributed by atoms with E-state index in [-0.39, 0.29) is 24.2 Å². The Bertz CT molecular complexity index is 731. The van der Waals surface area contributed by atoms with Crippen LogP contribution in [-0.2, 0) is 11.2 Å². The van der Waals surface area contributed by atoms with Gasteiger partial charge in [-0.3, -0.25) is 9.59 Å². The second-order valence-electron chi connectivity index (χ2n) is 6.69. The normalized spacial score (nSPS) is 12.4. The highest BCUT2D eigenvalue weighted by Crippen LogP contribution is 2.15. The second-order valence-corrected chi connectivity index (χ2v) is 6.69. The van der Waals surface area contributed by atoms with E-state index in [1.54, 1.807) is 31.2 Å². The molecule has 0 aliphatic rings. The molecule has 0 fully saturated rings. The Kier molecular flexibility index (Phi) is 8.98. The van der Waals surface area contributed by atoms with Crippen LogP contribution < -0.4 is 16.4 Å². The van der Waals surface area contributed by atoms with Crippen molar-refractivity contribution in [3.63, 3.8) is 0 Å². The highest BCUT2D eigenvalue weighted by atomic mass is 35.5. The summed E-state index contributed by atoms with van der Waals surface area (Å²) in [5, 5.41) is 5.70. The summed E-state index contributed by atoms with van der Waals surface area (Å²) < 4.78 is 0. The fraction of sp³-hybridized carbons (Fsp3) is 0.333. The fourth-order valence-corrected chi connectivity index (χ4v) is 2.68. The Hall–Kier alpha value is -2.37. The van der Waals surface area contributed by atoms with Gasteiger partial charge < -0.3 is 16.4 Å². The molecule has 0 bridgehead atoms. The number of anilines is 1. The lowest BCUT2D eigenvalue weighted by Crippen LogP contribution is -2.48. The minimum atomic E-state index is -0.901. The van der Waals surface area contributed by atoms with Crippen LogP contribution in [0.4, 0.5) is 5.69 Å². The summed E-state index contributed by atoms with van der Waals surface area (Å²) in [5.41, 5.74) is 7.49. The van der Waals surface area contributed by atoms with E-state index >= 15 is 0 Å². The summed E-state index contributed by atoms with van der Waals surface area (Å²) in [4.78, 5) is 24.4. The fourth-order valence-electron chi connectivity index (χ4n) is 2.68. The molecule has 1 atom stereocenters. The van der Waals surface area contributed by atoms with Crippen molar-refractivity contribution in [2.24, 2.45) is 5.73 Å². The average Bonchev–Trinajstić information content (AvgIpc) is 2.63. The van der Waals surface area contributed by atoms with Crippen molar-refractivity contribution in [1.29, 1.82) is 0 Å². The van der Waals surface area contributed by atoms with Gasteiger partial charge in [0.1, 0.15) is 0 Å². The van der Waals surface area contributed by atoms with Crippen LogP contribution in [0.1, 0.15) is 42.6 Å². The van der Waals surface area contributed by atoms with Gasteiger partial charge in [-0.05, 0) is 49.6 Å². The van der Waals surface area contributed by atoms with Gasteiger partial charge in [-0.1, -0.05) is 43.7 Å². The maximum Gasteiger partial charge on any atom is 0.251 e. The number of carbonyl (C=O) groups excluding carboxylic acids is 2. The SMILES string of the molecule is CCCC(C)(N)C(=O)Nc1ccc(C(=O)NCCc2ccccc2)cc1.Cl. The number of hydrogen-bond donors (Lipinski definition) is 3. The van der Waals surface area contributed by atoms with Gasteiger partial charge in [0.2, 0.25) is 5.91 Å². The van der Waals surface area contributed by atoms with Crippen LogP contribution in [0.2, 0.25) is 0 Å². The van der Waals surface area contributed by atoms with E-state index in [1.165, 1.54) is 5.56 Å². The third-order valence-electron chi connectivity index (χ3n) is 4.24. The first-order valence-corrected chi connectivity index (χ1v) is 8.95. The smallest absolute Gasteiger partial charge is 0.251 e. The molecule has 0 saturated heterocycles. The molecule has 0 radical (unpaired) electrons. The number of rotatable bonds is 8. The summed E-state index contributed by atoms with van der Waals surface area (Å²) >= 11 is 0. The molecular weight excluding hydrogens is 362 g/mol. The molecule has 0 heterocycles. The van der Waals surface area contributed by atoms with Gasteiger partial charge in [0.15, 0.2) is 0 Å². The zero-order chi connectivity index (χ0) is 19.0. The first-order chi connectivity index (χ1) is 12.4. The predicted octanol–water partition coefficient (Wildman–Crippen LogP) is 3.54. The van der Waals surface area contributed by atoms with Gasteiger partial charge >= 0.3 is 0 Å². The summed E-state index contributed by atoms with van der Waals surface area (Å²) in [7, 11) is 0. The molecule has 6 heteroatoms.